The first-order valence-corrected chi connectivity index (χ1v) is 8.09. The standard InChI is InChI=1S/C21H14FNO3/c22-18-9-5-4-8-15(18)12-19-17-11-10-16(13-20(17)26-23-19)25-21(24)14-6-2-1-3-7-14/h1-11,13H,12H2. The van der Waals surface area contributed by atoms with Crippen molar-refractivity contribution < 1.29 is 18.4 Å². The van der Waals surface area contributed by atoms with E-state index in [4.69, 9.17) is 9.26 Å². The van der Waals surface area contributed by atoms with Crippen LogP contribution in [-0.4, -0.2) is 11.1 Å². The molecule has 1 heterocycles. The zero-order valence-corrected chi connectivity index (χ0v) is 13.7. The largest absolute Gasteiger partial charge is 0.423 e. The lowest BCUT2D eigenvalue weighted by molar-refractivity contribution is 0.0735. The van der Waals surface area contributed by atoms with Crippen LogP contribution in [0.2, 0.25) is 0 Å². The van der Waals surface area contributed by atoms with Gasteiger partial charge in [0.15, 0.2) is 5.58 Å². The predicted octanol–water partition coefficient (Wildman–Crippen LogP) is 4.78. The molecule has 0 bridgehead atoms. The number of carbonyl (C=O) groups excluding carboxylic acids is 1. The quantitative estimate of drug-likeness (QED) is 0.394. The summed E-state index contributed by atoms with van der Waals surface area (Å²) >= 11 is 0. The van der Waals surface area contributed by atoms with Crippen LogP contribution in [0.15, 0.2) is 77.3 Å². The first kappa shape index (κ1) is 16.0. The average molecular weight is 347 g/mol. The molecule has 0 saturated heterocycles. The highest BCUT2D eigenvalue weighted by atomic mass is 19.1. The number of aromatic nitrogens is 1. The second-order valence-corrected chi connectivity index (χ2v) is 5.81. The van der Waals surface area contributed by atoms with Gasteiger partial charge in [0.25, 0.3) is 0 Å². The zero-order chi connectivity index (χ0) is 17.9. The molecule has 5 heteroatoms. The van der Waals surface area contributed by atoms with Crippen LogP contribution in [0.5, 0.6) is 5.75 Å². The molecule has 3 aromatic carbocycles. The van der Waals surface area contributed by atoms with Crippen molar-refractivity contribution in [3.05, 3.63) is 95.4 Å². The first-order chi connectivity index (χ1) is 12.7. The summed E-state index contributed by atoms with van der Waals surface area (Å²) in [5, 5.41) is 4.79. The minimum Gasteiger partial charge on any atom is -0.423 e. The van der Waals surface area contributed by atoms with Crippen molar-refractivity contribution in [1.82, 2.24) is 5.16 Å². The Labute approximate surface area is 148 Å². The number of ether oxygens (including phenoxy) is 1. The number of hydrogen-bond acceptors (Lipinski definition) is 4. The molecule has 0 atom stereocenters. The molecule has 0 aliphatic heterocycles. The summed E-state index contributed by atoms with van der Waals surface area (Å²) in [5.41, 5.74) is 2.12. The Balaban J connectivity index is 1.57. The maximum atomic E-state index is 13.8. The minimum absolute atomic E-state index is 0.280. The average Bonchev–Trinajstić information content (AvgIpc) is 3.06. The number of esters is 1. The van der Waals surface area contributed by atoms with Crippen molar-refractivity contribution in [2.75, 3.05) is 0 Å². The molecule has 0 N–H and O–H groups in total. The second-order valence-electron chi connectivity index (χ2n) is 5.81. The molecule has 0 amide bonds. The highest BCUT2D eigenvalue weighted by molar-refractivity contribution is 5.91. The van der Waals surface area contributed by atoms with Gasteiger partial charge in [0.1, 0.15) is 11.6 Å². The van der Waals surface area contributed by atoms with Gasteiger partial charge in [-0.15, -0.1) is 0 Å². The minimum atomic E-state index is -0.448. The maximum Gasteiger partial charge on any atom is 0.343 e. The molecule has 0 fully saturated rings. The highest BCUT2D eigenvalue weighted by Crippen LogP contribution is 2.26. The molecule has 4 aromatic rings. The fourth-order valence-electron chi connectivity index (χ4n) is 2.72. The molecule has 0 aliphatic rings. The van der Waals surface area contributed by atoms with Crippen LogP contribution in [0.3, 0.4) is 0 Å². The summed E-state index contributed by atoms with van der Waals surface area (Å²) in [6, 6.07) is 20.3. The van der Waals surface area contributed by atoms with E-state index in [2.05, 4.69) is 5.16 Å². The van der Waals surface area contributed by atoms with Crippen LogP contribution in [0.4, 0.5) is 4.39 Å². The lowest BCUT2D eigenvalue weighted by atomic mass is 10.1. The molecule has 1 aromatic heterocycles. The molecule has 0 aliphatic carbocycles. The van der Waals surface area contributed by atoms with Crippen molar-refractivity contribution >= 4 is 16.9 Å². The number of nitrogens with zero attached hydrogens (tertiary/aromatic N) is 1. The molecular formula is C21H14FNO3. The molecule has 4 nitrogen and oxygen atoms in total. The lowest BCUT2D eigenvalue weighted by Crippen LogP contribution is -2.07. The van der Waals surface area contributed by atoms with Crippen LogP contribution < -0.4 is 4.74 Å². The second kappa shape index (κ2) is 6.80. The summed E-state index contributed by atoms with van der Waals surface area (Å²) in [4.78, 5) is 12.1. The molecule has 128 valence electrons. The summed E-state index contributed by atoms with van der Waals surface area (Å²) in [6.07, 6.45) is 0.322. The normalized spacial score (nSPS) is 10.8. The van der Waals surface area contributed by atoms with Gasteiger partial charge in [0.2, 0.25) is 0 Å². The Bertz CT molecular complexity index is 1070. The third-order valence-corrected chi connectivity index (χ3v) is 4.05. The summed E-state index contributed by atoms with van der Waals surface area (Å²) in [5.74, 6) is -0.368. The lowest BCUT2D eigenvalue weighted by Gasteiger charge is -2.04. The van der Waals surface area contributed by atoms with E-state index in [1.54, 1.807) is 60.7 Å². The zero-order valence-electron chi connectivity index (χ0n) is 13.7. The van der Waals surface area contributed by atoms with Gasteiger partial charge in [0, 0.05) is 17.9 Å². The number of carbonyl (C=O) groups is 1. The molecule has 0 unspecified atom stereocenters. The van der Waals surface area contributed by atoms with Crippen molar-refractivity contribution in [1.29, 1.82) is 0 Å². The maximum absolute atomic E-state index is 13.8. The number of benzene rings is 3. The fraction of sp³-hybridized carbons (Fsp3) is 0.0476. The van der Waals surface area contributed by atoms with E-state index in [0.29, 0.717) is 34.6 Å². The van der Waals surface area contributed by atoms with Crippen LogP contribution in [0.25, 0.3) is 11.0 Å². The van der Waals surface area contributed by atoms with Gasteiger partial charge < -0.3 is 9.26 Å². The van der Waals surface area contributed by atoms with E-state index in [1.165, 1.54) is 6.07 Å². The van der Waals surface area contributed by atoms with E-state index in [9.17, 15) is 9.18 Å². The van der Waals surface area contributed by atoms with Gasteiger partial charge in [-0.25, -0.2) is 9.18 Å². The topological polar surface area (TPSA) is 52.3 Å². The molecular weight excluding hydrogens is 333 g/mol. The van der Waals surface area contributed by atoms with Gasteiger partial charge in [-0.2, -0.15) is 0 Å². The Hall–Kier alpha value is -3.47. The summed E-state index contributed by atoms with van der Waals surface area (Å²) in [7, 11) is 0. The van der Waals surface area contributed by atoms with Crippen molar-refractivity contribution in [3.63, 3.8) is 0 Å². The predicted molar refractivity (Wildman–Crippen MR) is 94.6 cm³/mol. The van der Waals surface area contributed by atoms with Gasteiger partial charge in [-0.1, -0.05) is 41.6 Å². The SMILES string of the molecule is O=C(Oc1ccc2c(Cc3ccccc3F)noc2c1)c1ccccc1. The number of hydrogen-bond donors (Lipinski definition) is 0. The fourth-order valence-corrected chi connectivity index (χ4v) is 2.72. The van der Waals surface area contributed by atoms with Gasteiger partial charge in [0.05, 0.1) is 11.3 Å². The monoisotopic (exact) mass is 347 g/mol. The smallest absolute Gasteiger partial charge is 0.343 e. The van der Waals surface area contributed by atoms with Crippen LogP contribution >= 0.6 is 0 Å². The highest BCUT2D eigenvalue weighted by Gasteiger charge is 2.14. The van der Waals surface area contributed by atoms with E-state index < -0.39 is 5.97 Å². The third kappa shape index (κ3) is 3.19. The van der Waals surface area contributed by atoms with Crippen LogP contribution in [0, 0.1) is 5.82 Å². The van der Waals surface area contributed by atoms with Crippen molar-refractivity contribution in [3.8, 4) is 5.75 Å². The summed E-state index contributed by atoms with van der Waals surface area (Å²) in [6.45, 7) is 0. The molecule has 0 saturated carbocycles. The molecule has 4 rings (SSSR count). The van der Waals surface area contributed by atoms with Crippen LogP contribution in [-0.2, 0) is 6.42 Å². The van der Waals surface area contributed by atoms with Crippen molar-refractivity contribution in [2.45, 2.75) is 6.42 Å². The van der Waals surface area contributed by atoms with Gasteiger partial charge in [-0.05, 0) is 35.9 Å². The number of rotatable bonds is 4. The molecule has 26 heavy (non-hydrogen) atoms. The van der Waals surface area contributed by atoms with Gasteiger partial charge in [-0.3, -0.25) is 0 Å². The van der Waals surface area contributed by atoms with E-state index in [0.717, 1.165) is 5.39 Å². The van der Waals surface area contributed by atoms with Crippen LogP contribution in [0.1, 0.15) is 21.6 Å². The van der Waals surface area contributed by atoms with E-state index >= 15 is 0 Å². The Morgan fingerprint density at radius 3 is 2.58 bits per heavy atom. The Kier molecular flexibility index (Phi) is 4.19. The van der Waals surface area contributed by atoms with Gasteiger partial charge >= 0.3 is 5.97 Å². The Morgan fingerprint density at radius 1 is 1.00 bits per heavy atom. The Morgan fingerprint density at radius 2 is 1.77 bits per heavy atom. The van der Waals surface area contributed by atoms with E-state index in [-0.39, 0.29) is 5.82 Å². The molecule has 0 spiro atoms. The van der Waals surface area contributed by atoms with E-state index in [1.807, 2.05) is 6.07 Å². The third-order valence-electron chi connectivity index (χ3n) is 4.05. The number of fused-ring (bicyclic) bond motifs is 1. The number of halogens is 1. The van der Waals surface area contributed by atoms with Crippen molar-refractivity contribution in [2.24, 2.45) is 0 Å². The summed E-state index contributed by atoms with van der Waals surface area (Å²) < 4.78 is 24.5. The first-order valence-electron chi connectivity index (χ1n) is 8.09. The molecule has 0 radical (unpaired) electrons.